The van der Waals surface area contributed by atoms with E-state index in [9.17, 15) is 0 Å². The third-order valence-electron chi connectivity index (χ3n) is 4.65. The molecule has 1 aliphatic heterocycles. The SMILES string of the molecule is COc1cccc(-c2nc(NCCC3CCCN3C)nc(C(Cl)(Cl)Cl)n2)c1. The zero-order valence-electron chi connectivity index (χ0n) is 15.3. The maximum absolute atomic E-state index is 6.02. The monoisotopic (exact) mass is 429 g/mol. The van der Waals surface area contributed by atoms with Crippen molar-refractivity contribution in [2.24, 2.45) is 0 Å². The molecular weight excluding hydrogens is 409 g/mol. The quantitative estimate of drug-likeness (QED) is 0.691. The Morgan fingerprint density at radius 1 is 1.26 bits per heavy atom. The van der Waals surface area contributed by atoms with Crippen molar-refractivity contribution in [3.63, 3.8) is 0 Å². The molecule has 6 nitrogen and oxygen atoms in total. The lowest BCUT2D eigenvalue weighted by Gasteiger charge is -2.19. The Kier molecular flexibility index (Phi) is 6.63. The van der Waals surface area contributed by atoms with Gasteiger partial charge in [0, 0.05) is 18.2 Å². The summed E-state index contributed by atoms with van der Waals surface area (Å²) >= 11 is 18.1. The first-order valence-electron chi connectivity index (χ1n) is 8.78. The minimum atomic E-state index is -1.74. The highest BCUT2D eigenvalue weighted by atomic mass is 35.6. The van der Waals surface area contributed by atoms with Crippen molar-refractivity contribution in [3.05, 3.63) is 30.1 Å². The van der Waals surface area contributed by atoms with E-state index in [2.05, 4.69) is 32.2 Å². The zero-order valence-corrected chi connectivity index (χ0v) is 17.5. The van der Waals surface area contributed by atoms with Crippen molar-refractivity contribution >= 4 is 40.8 Å². The predicted molar refractivity (Wildman–Crippen MR) is 110 cm³/mol. The average Bonchev–Trinajstić information content (AvgIpc) is 3.06. The van der Waals surface area contributed by atoms with Crippen LogP contribution in [0.15, 0.2) is 24.3 Å². The molecule has 1 fully saturated rings. The number of anilines is 1. The van der Waals surface area contributed by atoms with Gasteiger partial charge in [-0.25, -0.2) is 4.98 Å². The Labute approximate surface area is 174 Å². The average molecular weight is 431 g/mol. The van der Waals surface area contributed by atoms with Crippen molar-refractivity contribution < 1.29 is 4.74 Å². The van der Waals surface area contributed by atoms with Gasteiger partial charge in [0.15, 0.2) is 11.6 Å². The van der Waals surface area contributed by atoms with Gasteiger partial charge in [-0.2, -0.15) is 9.97 Å². The predicted octanol–water partition coefficient (Wildman–Crippen LogP) is 4.27. The minimum absolute atomic E-state index is 0.0841. The summed E-state index contributed by atoms with van der Waals surface area (Å²) in [6.07, 6.45) is 3.45. The molecule has 1 saturated heterocycles. The Hall–Kier alpha value is -1.34. The lowest BCUT2D eigenvalue weighted by atomic mass is 10.1. The molecule has 1 aliphatic rings. The Balaban J connectivity index is 1.82. The molecule has 9 heteroatoms. The van der Waals surface area contributed by atoms with Gasteiger partial charge in [0.25, 0.3) is 0 Å². The van der Waals surface area contributed by atoms with Crippen LogP contribution in [0.5, 0.6) is 5.75 Å². The number of methoxy groups -OCH3 is 1. The fraction of sp³-hybridized carbons (Fsp3) is 0.500. The highest BCUT2D eigenvalue weighted by molar-refractivity contribution is 6.66. The zero-order chi connectivity index (χ0) is 19.4. The van der Waals surface area contributed by atoms with Crippen LogP contribution in [0.1, 0.15) is 25.1 Å². The molecule has 0 radical (unpaired) electrons. The van der Waals surface area contributed by atoms with Crippen molar-refractivity contribution in [2.75, 3.05) is 32.6 Å². The molecule has 1 N–H and O–H groups in total. The van der Waals surface area contributed by atoms with Crippen LogP contribution in [0.25, 0.3) is 11.4 Å². The van der Waals surface area contributed by atoms with Crippen molar-refractivity contribution in [3.8, 4) is 17.1 Å². The second-order valence-corrected chi connectivity index (χ2v) is 8.81. The van der Waals surface area contributed by atoms with Crippen LogP contribution >= 0.6 is 34.8 Å². The fourth-order valence-electron chi connectivity index (χ4n) is 3.17. The van der Waals surface area contributed by atoms with Gasteiger partial charge in [-0.05, 0) is 45.0 Å². The number of benzene rings is 1. The van der Waals surface area contributed by atoms with Gasteiger partial charge in [-0.1, -0.05) is 46.9 Å². The fourth-order valence-corrected chi connectivity index (χ4v) is 3.42. The van der Waals surface area contributed by atoms with E-state index < -0.39 is 3.79 Å². The normalized spacial score (nSPS) is 17.9. The largest absolute Gasteiger partial charge is 0.497 e. The van der Waals surface area contributed by atoms with E-state index in [-0.39, 0.29) is 5.82 Å². The van der Waals surface area contributed by atoms with Crippen molar-refractivity contribution in [1.82, 2.24) is 19.9 Å². The van der Waals surface area contributed by atoms with E-state index in [1.165, 1.54) is 12.8 Å². The van der Waals surface area contributed by atoms with Gasteiger partial charge in [0.05, 0.1) is 7.11 Å². The molecular formula is C18H22Cl3N5O. The Morgan fingerprint density at radius 2 is 2.07 bits per heavy atom. The molecule has 1 aromatic heterocycles. The van der Waals surface area contributed by atoms with E-state index in [0.29, 0.717) is 23.6 Å². The van der Waals surface area contributed by atoms with Gasteiger partial charge in [0.1, 0.15) is 5.75 Å². The third-order valence-corrected chi connectivity index (χ3v) is 5.16. The number of aromatic nitrogens is 3. The standard InChI is InChI=1S/C18H22Cl3N5O/c1-26-10-4-6-13(26)8-9-22-17-24-15(23-16(25-17)18(19,20)21)12-5-3-7-14(11-12)27-2/h3,5,7,11,13H,4,6,8-10H2,1-2H3,(H,22,23,24,25). The number of halogens is 3. The molecule has 1 unspecified atom stereocenters. The summed E-state index contributed by atoms with van der Waals surface area (Å²) in [6, 6.07) is 7.98. The van der Waals surface area contributed by atoms with Gasteiger partial charge >= 0.3 is 0 Å². The van der Waals surface area contributed by atoms with Crippen LogP contribution < -0.4 is 10.1 Å². The van der Waals surface area contributed by atoms with Crippen LogP contribution in [-0.2, 0) is 3.79 Å². The van der Waals surface area contributed by atoms with Crippen LogP contribution in [0.3, 0.4) is 0 Å². The smallest absolute Gasteiger partial charge is 0.250 e. The molecule has 3 rings (SSSR count). The molecule has 146 valence electrons. The summed E-state index contributed by atoms with van der Waals surface area (Å²) in [6.45, 7) is 1.88. The van der Waals surface area contributed by atoms with Gasteiger partial charge in [0.2, 0.25) is 9.74 Å². The summed E-state index contributed by atoms with van der Waals surface area (Å²) in [4.78, 5) is 15.5. The number of hydrogen-bond donors (Lipinski definition) is 1. The summed E-state index contributed by atoms with van der Waals surface area (Å²) in [5.74, 6) is 1.60. The molecule has 0 amide bonds. The summed E-state index contributed by atoms with van der Waals surface area (Å²) in [5, 5.41) is 3.25. The van der Waals surface area contributed by atoms with E-state index >= 15 is 0 Å². The molecule has 1 atom stereocenters. The topological polar surface area (TPSA) is 63.2 Å². The number of alkyl halides is 3. The third kappa shape index (κ3) is 5.35. The number of rotatable bonds is 6. The Bertz CT molecular complexity index is 784. The molecule has 27 heavy (non-hydrogen) atoms. The first kappa shape index (κ1) is 20.4. The second-order valence-electron chi connectivity index (χ2n) is 6.53. The molecule has 2 heterocycles. The number of hydrogen-bond acceptors (Lipinski definition) is 6. The molecule has 0 aliphatic carbocycles. The Morgan fingerprint density at radius 3 is 2.74 bits per heavy atom. The molecule has 0 spiro atoms. The lowest BCUT2D eigenvalue weighted by molar-refractivity contribution is 0.301. The second kappa shape index (κ2) is 8.78. The number of ether oxygens (including phenoxy) is 1. The summed E-state index contributed by atoms with van der Waals surface area (Å²) in [7, 11) is 3.76. The number of likely N-dealkylation sites (tertiary alicyclic amines) is 1. The molecule has 2 aromatic rings. The van der Waals surface area contributed by atoms with Crippen LogP contribution in [-0.4, -0.2) is 53.1 Å². The van der Waals surface area contributed by atoms with Crippen molar-refractivity contribution in [1.29, 1.82) is 0 Å². The van der Waals surface area contributed by atoms with Crippen molar-refractivity contribution in [2.45, 2.75) is 29.1 Å². The van der Waals surface area contributed by atoms with Crippen LogP contribution in [0, 0.1) is 0 Å². The molecule has 0 saturated carbocycles. The minimum Gasteiger partial charge on any atom is -0.497 e. The van der Waals surface area contributed by atoms with Gasteiger partial charge < -0.3 is 15.0 Å². The van der Waals surface area contributed by atoms with E-state index in [1.807, 2.05) is 24.3 Å². The van der Waals surface area contributed by atoms with E-state index in [0.717, 1.165) is 25.1 Å². The summed E-state index contributed by atoms with van der Waals surface area (Å²) < 4.78 is 3.53. The first-order chi connectivity index (χ1) is 12.9. The highest BCUT2D eigenvalue weighted by Crippen LogP contribution is 2.37. The molecule has 0 bridgehead atoms. The maximum atomic E-state index is 6.02. The number of nitrogens with zero attached hydrogens (tertiary/aromatic N) is 4. The summed E-state index contributed by atoms with van der Waals surface area (Å²) in [5.41, 5.74) is 0.755. The van der Waals surface area contributed by atoms with E-state index in [1.54, 1.807) is 7.11 Å². The highest BCUT2D eigenvalue weighted by Gasteiger charge is 2.29. The molecule has 1 aromatic carbocycles. The first-order valence-corrected chi connectivity index (χ1v) is 9.92. The maximum Gasteiger partial charge on any atom is 0.250 e. The van der Waals surface area contributed by atoms with Crippen LogP contribution in [0.2, 0.25) is 0 Å². The van der Waals surface area contributed by atoms with Gasteiger partial charge in [-0.3, -0.25) is 0 Å². The van der Waals surface area contributed by atoms with Crippen LogP contribution in [0.4, 0.5) is 5.95 Å². The number of nitrogens with one attached hydrogen (secondary N) is 1. The van der Waals surface area contributed by atoms with E-state index in [4.69, 9.17) is 39.5 Å². The van der Waals surface area contributed by atoms with Gasteiger partial charge in [-0.15, -0.1) is 0 Å². The lowest BCUT2D eigenvalue weighted by Crippen LogP contribution is -2.27.